The maximum absolute atomic E-state index is 6.08. The van der Waals surface area contributed by atoms with Crippen molar-refractivity contribution in [3.63, 3.8) is 0 Å². The summed E-state index contributed by atoms with van der Waals surface area (Å²) < 4.78 is 5.30. The summed E-state index contributed by atoms with van der Waals surface area (Å²) in [6.07, 6.45) is 9.64. The maximum atomic E-state index is 6.08. The molecule has 1 aliphatic rings. The van der Waals surface area contributed by atoms with Crippen LogP contribution in [0.4, 0.5) is 0 Å². The molecular formula is C17H27Cl2NO. The summed E-state index contributed by atoms with van der Waals surface area (Å²) in [6.45, 7) is 0.970. The van der Waals surface area contributed by atoms with Gasteiger partial charge in [0.2, 0.25) is 0 Å². The van der Waals surface area contributed by atoms with E-state index in [9.17, 15) is 0 Å². The van der Waals surface area contributed by atoms with Gasteiger partial charge in [-0.25, -0.2) is 0 Å². The highest BCUT2D eigenvalue weighted by molar-refractivity contribution is 6.32. The van der Waals surface area contributed by atoms with Crippen molar-refractivity contribution in [2.24, 2.45) is 0 Å². The van der Waals surface area contributed by atoms with E-state index in [-0.39, 0.29) is 12.4 Å². The van der Waals surface area contributed by atoms with E-state index in [0.29, 0.717) is 5.02 Å². The van der Waals surface area contributed by atoms with E-state index in [1.807, 2.05) is 6.07 Å². The Morgan fingerprint density at radius 1 is 1.14 bits per heavy atom. The average Bonchev–Trinajstić information content (AvgIpc) is 2.40. The van der Waals surface area contributed by atoms with Crippen LogP contribution in [0.2, 0.25) is 5.02 Å². The van der Waals surface area contributed by atoms with Gasteiger partial charge in [0.25, 0.3) is 0 Å². The van der Waals surface area contributed by atoms with Crippen LogP contribution in [0, 0.1) is 0 Å². The summed E-state index contributed by atoms with van der Waals surface area (Å²) in [4.78, 5) is 2.49. The highest BCUT2D eigenvalue weighted by Crippen LogP contribution is 2.27. The minimum absolute atomic E-state index is 0. The first kappa shape index (κ1) is 18.6. The fourth-order valence-electron chi connectivity index (χ4n) is 3.09. The molecule has 1 aromatic carbocycles. The minimum atomic E-state index is 0. The van der Waals surface area contributed by atoms with Gasteiger partial charge in [-0.15, -0.1) is 12.4 Å². The van der Waals surface area contributed by atoms with Crippen molar-refractivity contribution in [3.05, 3.63) is 28.8 Å². The van der Waals surface area contributed by atoms with E-state index in [2.05, 4.69) is 24.1 Å². The summed E-state index contributed by atoms with van der Waals surface area (Å²) in [7, 11) is 3.91. The number of nitrogens with zero attached hydrogens (tertiary/aromatic N) is 1. The van der Waals surface area contributed by atoms with Gasteiger partial charge in [-0.3, -0.25) is 4.90 Å². The van der Waals surface area contributed by atoms with Crippen molar-refractivity contribution in [1.29, 1.82) is 0 Å². The summed E-state index contributed by atoms with van der Waals surface area (Å²) in [5.41, 5.74) is 1.27. The van der Waals surface area contributed by atoms with Gasteiger partial charge in [0.05, 0.1) is 12.1 Å². The normalized spacial score (nSPS) is 17.0. The lowest BCUT2D eigenvalue weighted by Gasteiger charge is -2.29. The van der Waals surface area contributed by atoms with Crippen LogP contribution in [0.25, 0.3) is 0 Å². The quantitative estimate of drug-likeness (QED) is 0.740. The van der Waals surface area contributed by atoms with Crippen LogP contribution in [-0.4, -0.2) is 25.1 Å². The van der Waals surface area contributed by atoms with E-state index in [1.54, 1.807) is 7.11 Å². The van der Waals surface area contributed by atoms with Crippen LogP contribution in [0.5, 0.6) is 5.75 Å². The average molecular weight is 332 g/mol. The van der Waals surface area contributed by atoms with E-state index in [4.69, 9.17) is 16.3 Å². The van der Waals surface area contributed by atoms with Gasteiger partial charge < -0.3 is 4.74 Å². The van der Waals surface area contributed by atoms with Gasteiger partial charge in [-0.1, -0.05) is 49.8 Å². The summed E-state index contributed by atoms with van der Waals surface area (Å²) in [6, 6.07) is 6.81. The fourth-order valence-corrected chi connectivity index (χ4v) is 3.29. The minimum Gasteiger partial charge on any atom is -0.495 e. The molecule has 0 aromatic heterocycles. The SMILES string of the molecule is COc1cc(CN(C)C2CCCCCCC2)ccc1Cl.Cl. The van der Waals surface area contributed by atoms with Crippen LogP contribution in [0.15, 0.2) is 18.2 Å². The Bertz CT molecular complexity index is 417. The first-order valence-corrected chi connectivity index (χ1v) is 8.11. The van der Waals surface area contributed by atoms with Crippen LogP contribution in [-0.2, 0) is 6.54 Å². The standard InChI is InChI=1S/C17H26ClNO.ClH/c1-19(15-8-6-4-3-5-7-9-15)13-14-10-11-16(18)17(12-14)20-2;/h10-12,15H,3-9,13H2,1-2H3;1H. The Morgan fingerprint density at radius 3 is 2.38 bits per heavy atom. The van der Waals surface area contributed by atoms with Gasteiger partial charge in [-0.05, 0) is 37.6 Å². The monoisotopic (exact) mass is 331 g/mol. The molecule has 1 saturated carbocycles. The zero-order valence-corrected chi connectivity index (χ0v) is 14.7. The number of methoxy groups -OCH3 is 1. The van der Waals surface area contributed by atoms with Crippen LogP contribution < -0.4 is 4.74 Å². The molecule has 0 radical (unpaired) electrons. The zero-order valence-electron chi connectivity index (χ0n) is 13.1. The molecule has 120 valence electrons. The molecule has 1 aliphatic carbocycles. The van der Waals surface area contributed by atoms with Crippen molar-refractivity contribution in [2.45, 2.75) is 57.5 Å². The van der Waals surface area contributed by atoms with E-state index in [0.717, 1.165) is 18.3 Å². The highest BCUT2D eigenvalue weighted by Gasteiger charge is 2.16. The van der Waals surface area contributed by atoms with Gasteiger partial charge in [0.15, 0.2) is 0 Å². The number of benzene rings is 1. The molecule has 0 unspecified atom stereocenters. The lowest BCUT2D eigenvalue weighted by Crippen LogP contribution is -2.31. The Kier molecular flexibility index (Phi) is 8.46. The van der Waals surface area contributed by atoms with Crippen LogP contribution in [0.1, 0.15) is 50.5 Å². The lowest BCUT2D eigenvalue weighted by molar-refractivity contribution is 0.195. The summed E-state index contributed by atoms with van der Waals surface area (Å²) in [5, 5.41) is 0.685. The Labute approximate surface area is 140 Å². The second kappa shape index (κ2) is 9.55. The first-order valence-electron chi connectivity index (χ1n) is 7.73. The van der Waals surface area contributed by atoms with Gasteiger partial charge in [0, 0.05) is 12.6 Å². The number of rotatable bonds is 4. The Hall–Kier alpha value is -0.440. The van der Waals surface area contributed by atoms with Crippen LogP contribution in [0.3, 0.4) is 0 Å². The molecular weight excluding hydrogens is 305 g/mol. The number of halogens is 2. The predicted molar refractivity (Wildman–Crippen MR) is 92.8 cm³/mol. The molecule has 0 atom stereocenters. The van der Waals surface area contributed by atoms with Crippen LogP contribution >= 0.6 is 24.0 Å². The summed E-state index contributed by atoms with van der Waals surface area (Å²) >= 11 is 6.08. The molecule has 1 aromatic rings. The number of hydrogen-bond acceptors (Lipinski definition) is 2. The molecule has 0 saturated heterocycles. The zero-order chi connectivity index (χ0) is 14.4. The third-order valence-electron chi connectivity index (χ3n) is 4.35. The molecule has 0 aliphatic heterocycles. The highest BCUT2D eigenvalue weighted by atomic mass is 35.5. The topological polar surface area (TPSA) is 12.5 Å². The first-order chi connectivity index (χ1) is 9.70. The van der Waals surface area contributed by atoms with E-state index in [1.165, 1.54) is 50.5 Å². The third-order valence-corrected chi connectivity index (χ3v) is 4.66. The molecule has 0 bridgehead atoms. The van der Waals surface area contributed by atoms with Gasteiger partial charge >= 0.3 is 0 Å². The lowest BCUT2D eigenvalue weighted by atomic mass is 9.95. The van der Waals surface area contributed by atoms with E-state index >= 15 is 0 Å². The smallest absolute Gasteiger partial charge is 0.137 e. The fraction of sp³-hybridized carbons (Fsp3) is 0.647. The molecule has 0 spiro atoms. The molecule has 2 rings (SSSR count). The van der Waals surface area contributed by atoms with Crippen molar-refractivity contribution < 1.29 is 4.74 Å². The van der Waals surface area contributed by atoms with E-state index < -0.39 is 0 Å². The number of ether oxygens (including phenoxy) is 1. The largest absolute Gasteiger partial charge is 0.495 e. The van der Waals surface area contributed by atoms with Crippen molar-refractivity contribution in [3.8, 4) is 5.75 Å². The Morgan fingerprint density at radius 2 is 1.76 bits per heavy atom. The molecule has 2 nitrogen and oxygen atoms in total. The summed E-state index contributed by atoms with van der Waals surface area (Å²) in [5.74, 6) is 0.773. The molecule has 0 amide bonds. The van der Waals surface area contributed by atoms with Gasteiger partial charge in [0.1, 0.15) is 5.75 Å². The van der Waals surface area contributed by atoms with Crippen molar-refractivity contribution in [1.82, 2.24) is 4.90 Å². The predicted octanol–water partition coefficient (Wildman–Crippen LogP) is 5.32. The molecule has 1 fully saturated rings. The second-order valence-corrected chi connectivity index (χ2v) is 6.29. The van der Waals surface area contributed by atoms with Crippen molar-refractivity contribution in [2.75, 3.05) is 14.2 Å². The maximum Gasteiger partial charge on any atom is 0.137 e. The molecule has 0 N–H and O–H groups in total. The van der Waals surface area contributed by atoms with Gasteiger partial charge in [-0.2, -0.15) is 0 Å². The molecule has 21 heavy (non-hydrogen) atoms. The van der Waals surface area contributed by atoms with Crippen molar-refractivity contribution >= 4 is 24.0 Å². The number of hydrogen-bond donors (Lipinski definition) is 0. The second-order valence-electron chi connectivity index (χ2n) is 5.88. The Balaban J connectivity index is 0.00000220. The third kappa shape index (κ3) is 5.69. The molecule has 0 heterocycles. The molecule has 4 heteroatoms.